The van der Waals surface area contributed by atoms with Crippen LogP contribution in [-0.4, -0.2) is 65.2 Å². The molecule has 0 heterocycles. The second kappa shape index (κ2) is 8.11. The molecule has 1 fully saturated rings. The molecule has 0 saturated heterocycles. The van der Waals surface area contributed by atoms with Gasteiger partial charge in [0.1, 0.15) is 9.84 Å². The van der Waals surface area contributed by atoms with Crippen molar-refractivity contribution in [2.75, 3.05) is 6.54 Å². The lowest BCUT2D eigenvalue weighted by atomic mass is 9.90. The van der Waals surface area contributed by atoms with E-state index in [4.69, 9.17) is 0 Å². The van der Waals surface area contributed by atoms with E-state index in [0.717, 1.165) is 5.92 Å². The summed E-state index contributed by atoms with van der Waals surface area (Å²) in [5.74, 6) is 1.02. The fourth-order valence-corrected chi connectivity index (χ4v) is 17.4. The van der Waals surface area contributed by atoms with Crippen LogP contribution in [-0.2, 0) is 0 Å². The van der Waals surface area contributed by atoms with Crippen LogP contribution >= 0.6 is 0 Å². The van der Waals surface area contributed by atoms with Gasteiger partial charge in [-0.05, 0) is 25.3 Å². The third kappa shape index (κ3) is 6.99. The molecule has 15 heavy (non-hydrogen) atoms. The molecule has 8 heteroatoms. The van der Waals surface area contributed by atoms with Crippen molar-refractivity contribution >= 4 is 50.9 Å². The SMILES string of the molecule is [SiH3]N([SiH3])[SiH2]N([SiH3])[SiH2]NCC1CCCCC1. The highest BCUT2D eigenvalue weighted by Crippen LogP contribution is 2.22. The van der Waals surface area contributed by atoms with Crippen molar-refractivity contribution in [3.63, 3.8) is 0 Å². The average Bonchev–Trinajstić information content (AvgIpc) is 2.18. The zero-order valence-corrected chi connectivity index (χ0v) is 19.5. The Kier molecular flexibility index (Phi) is 7.59. The molecule has 1 aliphatic carbocycles. The number of nitrogens with zero attached hydrogens (tertiary/aromatic N) is 2. The van der Waals surface area contributed by atoms with Gasteiger partial charge in [0.2, 0.25) is 0 Å². The van der Waals surface area contributed by atoms with Crippen LogP contribution < -0.4 is 4.98 Å². The van der Waals surface area contributed by atoms with E-state index in [2.05, 4.69) is 12.8 Å². The van der Waals surface area contributed by atoms with E-state index in [1.165, 1.54) is 69.9 Å². The van der Waals surface area contributed by atoms with E-state index in [-0.39, 0.29) is 19.7 Å². The minimum absolute atomic E-state index is 0.0425. The number of hydrogen-bond donors (Lipinski definition) is 1. The molecule has 1 aliphatic rings. The maximum atomic E-state index is 3.80. The fourth-order valence-electron chi connectivity index (χ4n) is 2.38. The molecule has 90 valence electrons. The van der Waals surface area contributed by atoms with E-state index in [1.807, 2.05) is 0 Å². The summed E-state index contributed by atoms with van der Waals surface area (Å²) in [6.07, 6.45) is 7.45. The molecule has 0 atom stereocenters. The summed E-state index contributed by atoms with van der Waals surface area (Å²) in [5, 5.41) is 0. The summed E-state index contributed by atoms with van der Waals surface area (Å²) in [7, 11) is 3.97. The van der Waals surface area contributed by atoms with Gasteiger partial charge >= 0.3 is 0 Å². The first-order chi connectivity index (χ1) is 7.18. The number of nitrogens with one attached hydrogen (secondary N) is 1. The lowest BCUT2D eigenvalue weighted by Gasteiger charge is -2.25. The summed E-state index contributed by atoms with van der Waals surface area (Å²) in [4.78, 5) is 3.80. The maximum absolute atomic E-state index is 3.80. The third-order valence-corrected chi connectivity index (χ3v) is 9.93. The van der Waals surface area contributed by atoms with Crippen molar-refractivity contribution in [3.8, 4) is 0 Å². The Morgan fingerprint density at radius 2 is 1.80 bits per heavy atom. The van der Waals surface area contributed by atoms with Gasteiger partial charge in [0.25, 0.3) is 0 Å². The molecule has 1 rings (SSSR count). The highest BCUT2D eigenvalue weighted by atomic mass is 28.4. The first-order valence-electron chi connectivity index (χ1n) is 6.22. The Morgan fingerprint density at radius 3 is 2.40 bits per heavy atom. The average molecular weight is 294 g/mol. The van der Waals surface area contributed by atoms with Crippen LogP contribution in [0.5, 0.6) is 0 Å². The van der Waals surface area contributed by atoms with Gasteiger partial charge in [-0.2, -0.15) is 0 Å². The first-order valence-corrected chi connectivity index (χ1v) is 11.5. The molecule has 1 saturated carbocycles. The molecular weight excluding hydrogens is 267 g/mol. The van der Waals surface area contributed by atoms with Crippen molar-refractivity contribution in [1.29, 1.82) is 0 Å². The largest absolute Gasteiger partial charge is 0.377 e. The Morgan fingerprint density at radius 1 is 1.13 bits per heavy atom. The second-order valence-corrected chi connectivity index (χ2v) is 21.8. The standard InChI is InChI=1S/C7H27N3Si5/c11-9(12)15-10(13)14-8-6-7-4-2-1-3-5-7/h7-8H,1-6,14-15H2,11-13H3. The molecule has 0 aromatic rings. The van der Waals surface area contributed by atoms with E-state index in [9.17, 15) is 0 Å². The van der Waals surface area contributed by atoms with Crippen LogP contribution in [0, 0.1) is 5.92 Å². The maximum Gasteiger partial charge on any atom is 0.156 e. The van der Waals surface area contributed by atoms with Gasteiger partial charge in [-0.1, -0.05) is 19.3 Å². The molecule has 0 bridgehead atoms. The minimum Gasteiger partial charge on any atom is -0.377 e. The third-order valence-electron chi connectivity index (χ3n) is 3.06. The summed E-state index contributed by atoms with van der Waals surface area (Å²) in [5.41, 5.74) is 0. The second-order valence-electron chi connectivity index (χ2n) is 5.19. The van der Waals surface area contributed by atoms with Crippen LogP contribution in [0.25, 0.3) is 0 Å². The monoisotopic (exact) mass is 293 g/mol. The molecule has 0 aromatic carbocycles. The van der Waals surface area contributed by atoms with Crippen molar-refractivity contribution < 1.29 is 0 Å². The van der Waals surface area contributed by atoms with Crippen LogP contribution in [0.4, 0.5) is 0 Å². The zero-order chi connectivity index (χ0) is 11.1. The van der Waals surface area contributed by atoms with Gasteiger partial charge in [-0.3, -0.25) is 0 Å². The van der Waals surface area contributed by atoms with E-state index >= 15 is 0 Å². The van der Waals surface area contributed by atoms with Crippen molar-refractivity contribution in [3.05, 3.63) is 0 Å². The molecule has 0 aliphatic heterocycles. The normalized spacial score (nSPS) is 21.2. The van der Waals surface area contributed by atoms with E-state index in [0.29, 0.717) is 0 Å². The Labute approximate surface area is 108 Å². The molecule has 0 amide bonds. The highest BCUT2D eigenvalue weighted by Gasteiger charge is 2.12. The quantitative estimate of drug-likeness (QED) is 0.499. The number of rotatable bonds is 6. The van der Waals surface area contributed by atoms with Crippen LogP contribution in [0.2, 0.25) is 0 Å². The Bertz CT molecular complexity index is 165. The van der Waals surface area contributed by atoms with E-state index < -0.39 is 0 Å². The van der Waals surface area contributed by atoms with Crippen molar-refractivity contribution in [2.45, 2.75) is 32.1 Å². The van der Waals surface area contributed by atoms with Crippen LogP contribution in [0.3, 0.4) is 0 Å². The molecule has 1 N–H and O–H groups in total. The molecule has 3 nitrogen and oxygen atoms in total. The Balaban J connectivity index is 1.99. The summed E-state index contributed by atoms with van der Waals surface area (Å²) in [6, 6.07) is 0. The van der Waals surface area contributed by atoms with Gasteiger partial charge in [-0.15, -0.1) is 0 Å². The molecule has 0 radical (unpaired) electrons. The van der Waals surface area contributed by atoms with Crippen LogP contribution in [0.15, 0.2) is 0 Å². The van der Waals surface area contributed by atoms with Crippen LogP contribution in [0.1, 0.15) is 32.1 Å². The zero-order valence-electron chi connectivity index (χ0n) is 10.6. The predicted molar refractivity (Wildman–Crippen MR) is 85.2 cm³/mol. The minimum atomic E-state index is -0.0425. The summed E-state index contributed by atoms with van der Waals surface area (Å²) in [6.45, 7) is 1.33. The first kappa shape index (κ1) is 14.0. The molecule has 0 aromatic heterocycles. The van der Waals surface area contributed by atoms with Crippen molar-refractivity contribution in [1.82, 2.24) is 12.8 Å². The fraction of sp³-hybridized carbons (Fsp3) is 1.00. The summed E-state index contributed by atoms with van der Waals surface area (Å²) >= 11 is 0. The van der Waals surface area contributed by atoms with Gasteiger partial charge in [0.15, 0.2) is 9.84 Å². The van der Waals surface area contributed by atoms with E-state index in [1.54, 1.807) is 0 Å². The molecular formula is C7H27N3Si5. The summed E-state index contributed by atoms with van der Waals surface area (Å²) < 4.78 is 5.48. The smallest absolute Gasteiger partial charge is 0.156 e. The lowest BCUT2D eigenvalue weighted by Crippen LogP contribution is -2.46. The van der Waals surface area contributed by atoms with Gasteiger partial charge < -0.3 is 12.8 Å². The lowest BCUT2D eigenvalue weighted by molar-refractivity contribution is 0.358. The number of hydrogen-bond acceptors (Lipinski definition) is 3. The highest BCUT2D eigenvalue weighted by molar-refractivity contribution is 6.64. The Hall–Kier alpha value is 0.964. The predicted octanol–water partition coefficient (Wildman–Crippen LogP) is -4.40. The molecule has 0 unspecified atom stereocenters. The topological polar surface area (TPSA) is 18.5 Å². The molecule has 0 spiro atoms. The van der Waals surface area contributed by atoms with Crippen molar-refractivity contribution in [2.24, 2.45) is 5.92 Å². The van der Waals surface area contributed by atoms with Gasteiger partial charge in [0.05, 0.1) is 31.2 Å². The van der Waals surface area contributed by atoms with Gasteiger partial charge in [0, 0.05) is 0 Å². The van der Waals surface area contributed by atoms with Gasteiger partial charge in [-0.25, -0.2) is 0 Å².